The van der Waals surface area contributed by atoms with Gasteiger partial charge in [0, 0.05) is 24.7 Å². The van der Waals surface area contributed by atoms with Crippen LogP contribution in [0.2, 0.25) is 0 Å². The SMILES string of the molecule is CN(Cc1ccoc1)Cc1ccccc1C=CC(=O)O. The van der Waals surface area contributed by atoms with Crippen LogP contribution >= 0.6 is 0 Å². The Morgan fingerprint density at radius 1 is 1.30 bits per heavy atom. The molecule has 1 aromatic heterocycles. The van der Waals surface area contributed by atoms with Gasteiger partial charge in [-0.3, -0.25) is 4.90 Å². The van der Waals surface area contributed by atoms with Crippen LogP contribution in [0.25, 0.3) is 6.08 Å². The molecule has 20 heavy (non-hydrogen) atoms. The lowest BCUT2D eigenvalue weighted by Gasteiger charge is -2.17. The summed E-state index contributed by atoms with van der Waals surface area (Å²) in [6.07, 6.45) is 6.18. The van der Waals surface area contributed by atoms with Crippen LogP contribution in [0.4, 0.5) is 0 Å². The number of nitrogens with zero attached hydrogens (tertiary/aromatic N) is 1. The molecule has 0 atom stereocenters. The van der Waals surface area contributed by atoms with Gasteiger partial charge in [0.15, 0.2) is 0 Å². The summed E-state index contributed by atoms with van der Waals surface area (Å²) in [7, 11) is 2.02. The minimum absolute atomic E-state index is 0.741. The fourth-order valence-corrected chi connectivity index (χ4v) is 2.04. The number of hydrogen-bond donors (Lipinski definition) is 1. The molecule has 2 rings (SSSR count). The molecule has 0 aliphatic rings. The molecule has 0 saturated heterocycles. The maximum atomic E-state index is 10.6. The average Bonchev–Trinajstić information content (AvgIpc) is 2.90. The highest BCUT2D eigenvalue weighted by atomic mass is 16.4. The number of hydrogen-bond acceptors (Lipinski definition) is 3. The summed E-state index contributed by atoms with van der Waals surface area (Å²) in [5.41, 5.74) is 3.14. The molecule has 0 aliphatic heterocycles. The number of carboxylic acids is 1. The van der Waals surface area contributed by atoms with Gasteiger partial charge in [-0.1, -0.05) is 24.3 Å². The molecule has 1 heterocycles. The van der Waals surface area contributed by atoms with Crippen molar-refractivity contribution in [3.05, 3.63) is 65.6 Å². The van der Waals surface area contributed by atoms with Crippen molar-refractivity contribution in [3.63, 3.8) is 0 Å². The summed E-state index contributed by atoms with van der Waals surface area (Å²) in [6.45, 7) is 1.53. The van der Waals surface area contributed by atoms with Crippen LogP contribution in [0.3, 0.4) is 0 Å². The molecule has 104 valence electrons. The van der Waals surface area contributed by atoms with Crippen LogP contribution in [0.5, 0.6) is 0 Å². The first-order valence-corrected chi connectivity index (χ1v) is 6.33. The third-order valence-electron chi connectivity index (χ3n) is 2.93. The maximum Gasteiger partial charge on any atom is 0.328 e. The number of carboxylic acid groups (broad SMARTS) is 1. The monoisotopic (exact) mass is 271 g/mol. The van der Waals surface area contributed by atoms with Crippen molar-refractivity contribution >= 4 is 12.0 Å². The zero-order chi connectivity index (χ0) is 14.4. The summed E-state index contributed by atoms with van der Waals surface area (Å²) in [4.78, 5) is 12.8. The van der Waals surface area contributed by atoms with Crippen LogP contribution in [-0.4, -0.2) is 23.0 Å². The average molecular weight is 271 g/mol. The third kappa shape index (κ3) is 4.10. The van der Waals surface area contributed by atoms with E-state index >= 15 is 0 Å². The van der Waals surface area contributed by atoms with E-state index in [1.54, 1.807) is 18.6 Å². The number of rotatable bonds is 6. The first kappa shape index (κ1) is 14.1. The van der Waals surface area contributed by atoms with Crippen LogP contribution in [-0.2, 0) is 17.9 Å². The minimum Gasteiger partial charge on any atom is -0.478 e. The van der Waals surface area contributed by atoms with Gasteiger partial charge >= 0.3 is 5.97 Å². The molecule has 0 spiro atoms. The Balaban J connectivity index is 2.06. The van der Waals surface area contributed by atoms with Crippen molar-refractivity contribution in [1.29, 1.82) is 0 Å². The van der Waals surface area contributed by atoms with Gasteiger partial charge in [-0.15, -0.1) is 0 Å². The van der Waals surface area contributed by atoms with Gasteiger partial charge in [0.05, 0.1) is 12.5 Å². The highest BCUT2D eigenvalue weighted by Gasteiger charge is 2.05. The van der Waals surface area contributed by atoms with E-state index in [2.05, 4.69) is 4.90 Å². The molecule has 0 saturated carbocycles. The topological polar surface area (TPSA) is 53.7 Å². The normalized spacial score (nSPS) is 11.3. The van der Waals surface area contributed by atoms with Gasteiger partial charge in [0.25, 0.3) is 0 Å². The highest BCUT2D eigenvalue weighted by molar-refractivity contribution is 5.85. The predicted octanol–water partition coefficient (Wildman–Crippen LogP) is 3.01. The number of carbonyl (C=O) groups is 1. The van der Waals surface area contributed by atoms with E-state index in [1.807, 2.05) is 37.4 Å². The Morgan fingerprint density at radius 3 is 2.80 bits per heavy atom. The first-order chi connectivity index (χ1) is 9.65. The van der Waals surface area contributed by atoms with E-state index in [1.165, 1.54) is 0 Å². The summed E-state index contributed by atoms with van der Waals surface area (Å²) < 4.78 is 5.05. The predicted molar refractivity (Wildman–Crippen MR) is 77.0 cm³/mol. The summed E-state index contributed by atoms with van der Waals surface area (Å²) in [6, 6.07) is 9.72. The van der Waals surface area contributed by atoms with E-state index in [4.69, 9.17) is 9.52 Å². The zero-order valence-electron chi connectivity index (χ0n) is 11.3. The van der Waals surface area contributed by atoms with Crippen molar-refractivity contribution in [2.45, 2.75) is 13.1 Å². The lowest BCUT2D eigenvalue weighted by atomic mass is 10.1. The Morgan fingerprint density at radius 2 is 2.10 bits per heavy atom. The van der Waals surface area contributed by atoms with Crippen molar-refractivity contribution < 1.29 is 14.3 Å². The molecule has 0 aliphatic carbocycles. The molecule has 2 aromatic rings. The Bertz CT molecular complexity index is 588. The smallest absolute Gasteiger partial charge is 0.328 e. The van der Waals surface area contributed by atoms with E-state index in [9.17, 15) is 4.79 Å². The lowest BCUT2D eigenvalue weighted by molar-refractivity contribution is -0.131. The standard InChI is InChI=1S/C16H17NO3/c1-17(10-13-8-9-20-12-13)11-15-5-3-2-4-14(15)6-7-16(18)19/h2-9,12H,10-11H2,1H3,(H,18,19). The number of aliphatic carboxylic acids is 1. The Labute approximate surface area is 117 Å². The Hall–Kier alpha value is -2.33. The summed E-state index contributed by atoms with van der Waals surface area (Å²) in [5.74, 6) is -0.938. The maximum absolute atomic E-state index is 10.6. The van der Waals surface area contributed by atoms with Gasteiger partial charge in [-0.25, -0.2) is 4.79 Å². The molecule has 0 fully saturated rings. The highest BCUT2D eigenvalue weighted by Crippen LogP contribution is 2.14. The van der Waals surface area contributed by atoms with Crippen molar-refractivity contribution in [3.8, 4) is 0 Å². The van der Waals surface area contributed by atoms with Crippen molar-refractivity contribution in [2.75, 3.05) is 7.05 Å². The second-order valence-electron chi connectivity index (χ2n) is 4.67. The van der Waals surface area contributed by atoms with Crippen LogP contribution in [0.1, 0.15) is 16.7 Å². The molecule has 4 heteroatoms. The van der Waals surface area contributed by atoms with E-state index < -0.39 is 5.97 Å². The molecule has 0 amide bonds. The quantitative estimate of drug-likeness (QED) is 0.821. The molecule has 1 aromatic carbocycles. The Kier molecular flexibility index (Phi) is 4.74. The summed E-state index contributed by atoms with van der Waals surface area (Å²) in [5, 5.41) is 8.71. The molecular weight excluding hydrogens is 254 g/mol. The van der Waals surface area contributed by atoms with Gasteiger partial charge in [0.2, 0.25) is 0 Å². The van der Waals surface area contributed by atoms with Gasteiger partial charge in [-0.05, 0) is 30.3 Å². The molecule has 1 N–H and O–H groups in total. The van der Waals surface area contributed by atoms with E-state index in [0.29, 0.717) is 0 Å². The fraction of sp³-hybridized carbons (Fsp3) is 0.188. The molecule has 0 unspecified atom stereocenters. The largest absolute Gasteiger partial charge is 0.478 e. The molecular formula is C16H17NO3. The van der Waals surface area contributed by atoms with Gasteiger partial charge in [-0.2, -0.15) is 0 Å². The van der Waals surface area contributed by atoms with Crippen molar-refractivity contribution in [2.24, 2.45) is 0 Å². The van der Waals surface area contributed by atoms with Crippen LogP contribution < -0.4 is 0 Å². The van der Waals surface area contributed by atoms with Crippen LogP contribution in [0, 0.1) is 0 Å². The van der Waals surface area contributed by atoms with Crippen LogP contribution in [0.15, 0.2) is 53.4 Å². The first-order valence-electron chi connectivity index (χ1n) is 6.33. The fourth-order valence-electron chi connectivity index (χ4n) is 2.04. The third-order valence-corrected chi connectivity index (χ3v) is 2.93. The summed E-state index contributed by atoms with van der Waals surface area (Å²) >= 11 is 0. The lowest BCUT2D eigenvalue weighted by Crippen LogP contribution is -2.17. The van der Waals surface area contributed by atoms with E-state index in [-0.39, 0.29) is 0 Å². The zero-order valence-corrected chi connectivity index (χ0v) is 11.3. The number of furan rings is 1. The number of benzene rings is 1. The molecule has 0 radical (unpaired) electrons. The van der Waals surface area contributed by atoms with E-state index in [0.717, 1.165) is 35.9 Å². The van der Waals surface area contributed by atoms with Gasteiger partial charge < -0.3 is 9.52 Å². The molecule has 4 nitrogen and oxygen atoms in total. The van der Waals surface area contributed by atoms with Gasteiger partial charge in [0.1, 0.15) is 0 Å². The minimum atomic E-state index is -0.938. The second-order valence-corrected chi connectivity index (χ2v) is 4.67. The second kappa shape index (κ2) is 6.73. The molecule has 0 bridgehead atoms. The van der Waals surface area contributed by atoms with Crippen molar-refractivity contribution in [1.82, 2.24) is 4.90 Å².